The molecular formula is C30H37N5O3. The summed E-state index contributed by atoms with van der Waals surface area (Å²) < 4.78 is 7.76. The van der Waals surface area contributed by atoms with Crippen molar-refractivity contribution in [1.82, 2.24) is 19.8 Å². The summed E-state index contributed by atoms with van der Waals surface area (Å²) in [7, 11) is 0. The van der Waals surface area contributed by atoms with Crippen molar-refractivity contribution in [3.8, 4) is 11.4 Å². The Hall–Kier alpha value is -3.65. The molecule has 0 bridgehead atoms. The number of aromatic nitrogens is 2. The molecule has 1 saturated heterocycles. The highest BCUT2D eigenvalue weighted by Crippen LogP contribution is 2.29. The third-order valence-electron chi connectivity index (χ3n) is 7.36. The molecule has 5 rings (SSSR count). The highest BCUT2D eigenvalue weighted by atomic mass is 16.5. The van der Waals surface area contributed by atoms with Crippen molar-refractivity contribution >= 4 is 11.7 Å². The van der Waals surface area contributed by atoms with E-state index in [0.29, 0.717) is 17.9 Å². The number of nitrogens with zero attached hydrogens (tertiary/aromatic N) is 3. The third-order valence-corrected chi connectivity index (χ3v) is 7.36. The Morgan fingerprint density at radius 3 is 2.71 bits per heavy atom. The number of ether oxygens (including phenoxy) is 1. The van der Waals surface area contributed by atoms with Gasteiger partial charge in [-0.3, -0.25) is 19.1 Å². The molecule has 1 unspecified atom stereocenters. The van der Waals surface area contributed by atoms with Crippen LogP contribution in [0.4, 0.5) is 5.82 Å². The molecule has 2 aromatic carbocycles. The average Bonchev–Trinajstić information content (AvgIpc) is 3.59. The highest BCUT2D eigenvalue weighted by molar-refractivity contribution is 5.95. The van der Waals surface area contributed by atoms with E-state index in [0.717, 1.165) is 55.8 Å². The van der Waals surface area contributed by atoms with Crippen molar-refractivity contribution in [3.63, 3.8) is 0 Å². The van der Waals surface area contributed by atoms with Crippen LogP contribution < -0.4 is 20.9 Å². The summed E-state index contributed by atoms with van der Waals surface area (Å²) >= 11 is 0. The molecule has 1 amide bonds. The Balaban J connectivity index is 1.36. The minimum absolute atomic E-state index is 0.110. The van der Waals surface area contributed by atoms with Gasteiger partial charge in [0.05, 0.1) is 11.7 Å². The zero-order valence-corrected chi connectivity index (χ0v) is 22.3. The van der Waals surface area contributed by atoms with Gasteiger partial charge in [0.15, 0.2) is 5.82 Å². The molecule has 1 aliphatic carbocycles. The summed E-state index contributed by atoms with van der Waals surface area (Å²) in [6, 6.07) is 13.6. The number of aryl methyl sites for hydroxylation is 1. The fourth-order valence-electron chi connectivity index (χ4n) is 4.96. The molecular weight excluding hydrogens is 478 g/mol. The van der Waals surface area contributed by atoms with Gasteiger partial charge in [0.25, 0.3) is 11.5 Å². The Morgan fingerprint density at radius 2 is 1.95 bits per heavy atom. The number of amides is 1. The second-order valence-electron chi connectivity index (χ2n) is 10.2. The lowest BCUT2D eigenvalue weighted by molar-refractivity contribution is 0.0951. The van der Waals surface area contributed by atoms with E-state index < -0.39 is 0 Å². The van der Waals surface area contributed by atoms with Crippen LogP contribution in [-0.4, -0.2) is 52.6 Å². The largest absolute Gasteiger partial charge is 0.492 e. The molecule has 2 aliphatic rings. The van der Waals surface area contributed by atoms with Gasteiger partial charge in [-0.2, -0.15) is 0 Å². The normalized spacial score (nSPS) is 16.3. The van der Waals surface area contributed by atoms with E-state index in [2.05, 4.69) is 27.4 Å². The summed E-state index contributed by atoms with van der Waals surface area (Å²) in [4.78, 5) is 33.0. The lowest BCUT2D eigenvalue weighted by Crippen LogP contribution is -2.27. The van der Waals surface area contributed by atoms with Gasteiger partial charge >= 0.3 is 0 Å². The number of hydrogen-bond acceptors (Lipinski definition) is 6. The number of likely N-dealkylation sites (tertiary alicyclic amines) is 1. The summed E-state index contributed by atoms with van der Waals surface area (Å²) in [5.74, 6) is 0.979. The number of anilines is 1. The molecule has 200 valence electrons. The average molecular weight is 516 g/mol. The lowest BCUT2D eigenvalue weighted by Gasteiger charge is -2.22. The monoisotopic (exact) mass is 515 g/mol. The standard InChI is InChI=1S/C30H37N5O3/c1-3-25(24-8-4-5-9-27(24)38-19-18-34-15-6-7-16-34)33-28-30(37)35(17-14-31-28)26-20-22(11-10-21(26)2)29(36)32-23-12-13-23/h4-5,8-11,14,17,20,23,25H,3,6-7,12-13,15-16,18-19H2,1-2H3,(H,31,33)(H,32,36). The molecule has 1 atom stereocenters. The predicted molar refractivity (Wildman–Crippen MR) is 149 cm³/mol. The fraction of sp³-hybridized carbons (Fsp3) is 0.433. The van der Waals surface area contributed by atoms with Crippen molar-refractivity contribution in [1.29, 1.82) is 0 Å². The first-order chi connectivity index (χ1) is 18.5. The first-order valence-corrected chi connectivity index (χ1v) is 13.7. The van der Waals surface area contributed by atoms with E-state index in [-0.39, 0.29) is 29.4 Å². The van der Waals surface area contributed by atoms with Crippen LogP contribution in [-0.2, 0) is 0 Å². The minimum atomic E-state index is -0.263. The first kappa shape index (κ1) is 26.0. The molecule has 2 fully saturated rings. The van der Waals surface area contributed by atoms with Crippen LogP contribution in [0.5, 0.6) is 5.75 Å². The number of nitrogens with one attached hydrogen (secondary N) is 2. The summed E-state index contributed by atoms with van der Waals surface area (Å²) in [6.45, 7) is 7.84. The van der Waals surface area contributed by atoms with E-state index in [4.69, 9.17) is 4.74 Å². The van der Waals surface area contributed by atoms with Crippen LogP contribution in [0, 0.1) is 6.92 Å². The van der Waals surface area contributed by atoms with Crippen molar-refractivity contribution in [2.45, 2.75) is 58.0 Å². The van der Waals surface area contributed by atoms with Crippen molar-refractivity contribution in [2.24, 2.45) is 0 Å². The van der Waals surface area contributed by atoms with Gasteiger partial charge in [0.2, 0.25) is 0 Å². The molecule has 8 heteroatoms. The molecule has 2 N–H and O–H groups in total. The van der Waals surface area contributed by atoms with Crippen LogP contribution in [0.3, 0.4) is 0 Å². The smallest absolute Gasteiger partial charge is 0.297 e. The van der Waals surface area contributed by atoms with Crippen LogP contribution >= 0.6 is 0 Å². The van der Waals surface area contributed by atoms with Gasteiger partial charge in [0, 0.05) is 36.1 Å². The number of para-hydroxylation sites is 1. The molecule has 8 nitrogen and oxygen atoms in total. The number of benzene rings is 2. The first-order valence-electron chi connectivity index (χ1n) is 13.7. The maximum absolute atomic E-state index is 13.6. The zero-order chi connectivity index (χ0) is 26.5. The fourth-order valence-corrected chi connectivity index (χ4v) is 4.96. The quantitative estimate of drug-likeness (QED) is 0.392. The Kier molecular flexibility index (Phi) is 8.08. The van der Waals surface area contributed by atoms with Gasteiger partial charge in [0.1, 0.15) is 12.4 Å². The van der Waals surface area contributed by atoms with E-state index in [1.807, 2.05) is 37.3 Å². The lowest BCUT2D eigenvalue weighted by atomic mass is 10.0. The second kappa shape index (κ2) is 11.8. The summed E-state index contributed by atoms with van der Waals surface area (Å²) in [5.41, 5.74) is 2.85. The molecule has 1 aliphatic heterocycles. The van der Waals surface area contributed by atoms with Crippen LogP contribution in [0.25, 0.3) is 5.69 Å². The number of rotatable bonds is 11. The van der Waals surface area contributed by atoms with Crippen LogP contribution in [0.1, 0.15) is 66.6 Å². The van der Waals surface area contributed by atoms with E-state index >= 15 is 0 Å². The molecule has 2 heterocycles. The molecule has 0 spiro atoms. The maximum atomic E-state index is 13.6. The molecule has 0 radical (unpaired) electrons. The minimum Gasteiger partial charge on any atom is -0.492 e. The van der Waals surface area contributed by atoms with Crippen LogP contribution in [0.2, 0.25) is 0 Å². The molecule has 1 saturated carbocycles. The zero-order valence-electron chi connectivity index (χ0n) is 22.3. The van der Waals surface area contributed by atoms with E-state index in [1.54, 1.807) is 29.1 Å². The third kappa shape index (κ3) is 6.07. The number of carbonyl (C=O) groups excluding carboxylic acids is 1. The van der Waals surface area contributed by atoms with Gasteiger partial charge in [-0.1, -0.05) is 31.2 Å². The Morgan fingerprint density at radius 1 is 1.16 bits per heavy atom. The second-order valence-corrected chi connectivity index (χ2v) is 10.2. The number of hydrogen-bond donors (Lipinski definition) is 2. The molecule has 1 aromatic heterocycles. The van der Waals surface area contributed by atoms with Crippen molar-refractivity contribution in [2.75, 3.05) is 31.6 Å². The maximum Gasteiger partial charge on any atom is 0.297 e. The van der Waals surface area contributed by atoms with E-state index in [9.17, 15) is 9.59 Å². The SMILES string of the molecule is CCC(Nc1nccn(-c2cc(C(=O)NC3CC3)ccc2C)c1=O)c1ccccc1OCCN1CCCC1. The van der Waals surface area contributed by atoms with Crippen LogP contribution in [0.15, 0.2) is 59.7 Å². The summed E-state index contributed by atoms with van der Waals surface area (Å²) in [6.07, 6.45) is 8.58. The highest BCUT2D eigenvalue weighted by Gasteiger charge is 2.24. The number of carbonyl (C=O) groups is 1. The van der Waals surface area contributed by atoms with Crippen molar-refractivity contribution in [3.05, 3.63) is 81.9 Å². The van der Waals surface area contributed by atoms with Gasteiger partial charge in [-0.15, -0.1) is 0 Å². The predicted octanol–water partition coefficient (Wildman–Crippen LogP) is 4.47. The van der Waals surface area contributed by atoms with Gasteiger partial charge < -0.3 is 15.4 Å². The summed E-state index contributed by atoms with van der Waals surface area (Å²) in [5, 5.41) is 6.39. The molecule has 3 aromatic rings. The molecule has 38 heavy (non-hydrogen) atoms. The van der Waals surface area contributed by atoms with Crippen molar-refractivity contribution < 1.29 is 9.53 Å². The Labute approximate surface area is 224 Å². The van der Waals surface area contributed by atoms with E-state index in [1.165, 1.54) is 12.8 Å². The topological polar surface area (TPSA) is 88.5 Å². The Bertz CT molecular complexity index is 1330. The van der Waals surface area contributed by atoms with Gasteiger partial charge in [-0.25, -0.2) is 4.98 Å². The van der Waals surface area contributed by atoms with Gasteiger partial charge in [-0.05, 0) is 75.9 Å².